The fraction of sp³-hybridized carbons (Fsp3) is 0. The van der Waals surface area contributed by atoms with Crippen molar-refractivity contribution in [1.29, 1.82) is 0 Å². The molecule has 0 fully saturated rings. The van der Waals surface area contributed by atoms with Crippen LogP contribution in [-0.4, -0.2) is 0 Å². The van der Waals surface area contributed by atoms with E-state index in [1.807, 2.05) is 11.3 Å². The van der Waals surface area contributed by atoms with Gasteiger partial charge in [0.15, 0.2) is 0 Å². The third-order valence-electron chi connectivity index (χ3n) is 12.0. The Morgan fingerprint density at radius 3 is 1.47 bits per heavy atom. The van der Waals surface area contributed by atoms with Crippen LogP contribution in [0.3, 0.4) is 0 Å². The van der Waals surface area contributed by atoms with Crippen LogP contribution in [0.25, 0.3) is 119 Å². The number of hydrogen-bond donors (Lipinski definition) is 0. The highest BCUT2D eigenvalue weighted by atomic mass is 32.1. The minimum Gasteiger partial charge on any atom is -0.134 e. The van der Waals surface area contributed by atoms with Crippen molar-refractivity contribution in [3.05, 3.63) is 206 Å². The largest absolute Gasteiger partial charge is 0.134 e. The van der Waals surface area contributed by atoms with Gasteiger partial charge < -0.3 is 0 Å². The van der Waals surface area contributed by atoms with Crippen LogP contribution in [-0.2, 0) is 0 Å². The predicted molar refractivity (Wildman–Crippen MR) is 249 cm³/mol. The summed E-state index contributed by atoms with van der Waals surface area (Å²) < 4.78 is 2.67. The lowest BCUT2D eigenvalue weighted by molar-refractivity contribution is 1.64. The summed E-state index contributed by atoms with van der Waals surface area (Å²) in [7, 11) is 0. The van der Waals surface area contributed by atoms with Gasteiger partial charge in [-0.3, -0.25) is 0 Å². The zero-order valence-electron chi connectivity index (χ0n) is 31.0. The topological polar surface area (TPSA) is 0 Å². The molecule has 264 valence electrons. The van der Waals surface area contributed by atoms with Crippen LogP contribution in [0.2, 0.25) is 0 Å². The number of benzene rings is 11. The Hall–Kier alpha value is -7.06. The molecule has 0 aliphatic carbocycles. The number of rotatable bonds is 4. The molecule has 1 heteroatoms. The molecule has 1 aromatic heterocycles. The van der Waals surface area contributed by atoms with Crippen LogP contribution in [0.1, 0.15) is 0 Å². The summed E-state index contributed by atoms with van der Waals surface area (Å²) in [6.07, 6.45) is 0. The Balaban J connectivity index is 1.11. The highest BCUT2D eigenvalue weighted by Crippen LogP contribution is 2.49. The summed E-state index contributed by atoms with van der Waals surface area (Å²) >= 11 is 1.92. The maximum atomic E-state index is 2.43. The standard InChI is InChI=1S/C56H34S/c1-2-15-35(16-3-1)41-29-30-49(44-24-9-8-23-43(41)44)54-47-27-12-10-25-45(47)53(46-26-11-13-28-48(46)54)40-21-14-20-38(31-40)50-33-39-19-6-7-22-42(39)55-51-32-36-17-4-5-18-37(36)34-52(51)57-56(50)55/h1-34H. The van der Waals surface area contributed by atoms with Crippen LogP contribution in [0.4, 0.5) is 0 Å². The van der Waals surface area contributed by atoms with Crippen molar-refractivity contribution < 1.29 is 0 Å². The maximum Gasteiger partial charge on any atom is 0.0440 e. The first kappa shape index (κ1) is 32.2. The summed E-state index contributed by atoms with van der Waals surface area (Å²) in [6, 6.07) is 76.5. The predicted octanol–water partition coefficient (Wildman–Crippen LogP) is 16.5. The van der Waals surface area contributed by atoms with E-state index in [9.17, 15) is 0 Å². The van der Waals surface area contributed by atoms with Gasteiger partial charge in [-0.15, -0.1) is 11.3 Å². The molecule has 0 N–H and O–H groups in total. The minimum absolute atomic E-state index is 1.23. The molecule has 0 aliphatic rings. The lowest BCUT2D eigenvalue weighted by Crippen LogP contribution is -1.92. The molecule has 57 heavy (non-hydrogen) atoms. The Labute approximate surface area is 334 Å². The SMILES string of the molecule is c1ccc(-c2ccc(-c3c4ccccc4c(-c4cccc(-c5cc6ccccc6c6c5sc5cc7ccccc7cc56)c4)c4ccccc34)c3ccccc23)cc1. The van der Waals surface area contributed by atoms with Gasteiger partial charge in [0.2, 0.25) is 0 Å². The Morgan fingerprint density at radius 2 is 0.772 bits per heavy atom. The van der Waals surface area contributed by atoms with Crippen molar-refractivity contribution in [2.24, 2.45) is 0 Å². The maximum absolute atomic E-state index is 2.43. The molecule has 0 bridgehead atoms. The highest BCUT2D eigenvalue weighted by Gasteiger charge is 2.20. The van der Waals surface area contributed by atoms with Gasteiger partial charge in [-0.1, -0.05) is 182 Å². The molecular formula is C56H34S. The first-order valence-corrected chi connectivity index (χ1v) is 20.5. The monoisotopic (exact) mass is 738 g/mol. The van der Waals surface area contributed by atoms with Gasteiger partial charge in [0, 0.05) is 25.7 Å². The molecule has 0 nitrogen and oxygen atoms in total. The van der Waals surface area contributed by atoms with Crippen molar-refractivity contribution in [2.75, 3.05) is 0 Å². The van der Waals surface area contributed by atoms with Crippen LogP contribution in [0, 0.1) is 0 Å². The first-order chi connectivity index (χ1) is 28.3. The second kappa shape index (κ2) is 12.7. The molecule has 0 saturated heterocycles. The molecule has 0 spiro atoms. The normalized spacial score (nSPS) is 11.9. The van der Waals surface area contributed by atoms with Gasteiger partial charge in [-0.05, 0) is 117 Å². The molecule has 12 aromatic rings. The third kappa shape index (κ3) is 4.99. The van der Waals surface area contributed by atoms with Crippen LogP contribution < -0.4 is 0 Å². The fourth-order valence-electron chi connectivity index (χ4n) is 9.48. The van der Waals surface area contributed by atoms with Gasteiger partial charge in [0.05, 0.1) is 0 Å². The number of hydrogen-bond acceptors (Lipinski definition) is 1. The van der Waals surface area contributed by atoms with Crippen LogP contribution in [0.15, 0.2) is 206 Å². The van der Waals surface area contributed by atoms with Gasteiger partial charge in [0.25, 0.3) is 0 Å². The van der Waals surface area contributed by atoms with Crippen molar-refractivity contribution >= 4 is 85.4 Å². The van der Waals surface area contributed by atoms with Crippen LogP contribution >= 0.6 is 11.3 Å². The second-order valence-electron chi connectivity index (χ2n) is 15.1. The molecule has 11 aromatic carbocycles. The molecule has 1 heterocycles. The summed E-state index contributed by atoms with van der Waals surface area (Å²) in [6.45, 7) is 0. The average molecular weight is 739 g/mol. The van der Waals surface area contributed by atoms with Crippen molar-refractivity contribution in [1.82, 2.24) is 0 Å². The Bertz CT molecular complexity index is 3510. The lowest BCUT2D eigenvalue weighted by Gasteiger charge is -2.20. The molecule has 0 atom stereocenters. The van der Waals surface area contributed by atoms with E-state index in [0.29, 0.717) is 0 Å². The first-order valence-electron chi connectivity index (χ1n) is 19.7. The van der Waals surface area contributed by atoms with E-state index in [0.717, 1.165) is 0 Å². The third-order valence-corrected chi connectivity index (χ3v) is 13.2. The smallest absolute Gasteiger partial charge is 0.0440 e. The fourth-order valence-corrected chi connectivity index (χ4v) is 10.8. The van der Waals surface area contributed by atoms with Crippen molar-refractivity contribution in [3.8, 4) is 44.5 Å². The molecule has 0 unspecified atom stereocenters. The Morgan fingerprint density at radius 1 is 0.263 bits per heavy atom. The summed E-state index contributed by atoms with van der Waals surface area (Å²) in [5, 5.41) is 15.4. The van der Waals surface area contributed by atoms with Gasteiger partial charge in [-0.2, -0.15) is 0 Å². The lowest BCUT2D eigenvalue weighted by atomic mass is 9.83. The zero-order chi connectivity index (χ0) is 37.5. The summed E-state index contributed by atoms with van der Waals surface area (Å²) in [5.74, 6) is 0. The zero-order valence-corrected chi connectivity index (χ0v) is 31.9. The number of thiophene rings is 1. The molecule has 0 aliphatic heterocycles. The summed E-state index contributed by atoms with van der Waals surface area (Å²) in [5.41, 5.74) is 10.1. The Kier molecular flexibility index (Phi) is 7.20. The molecule has 0 radical (unpaired) electrons. The van der Waals surface area contributed by atoms with Crippen molar-refractivity contribution in [3.63, 3.8) is 0 Å². The van der Waals surface area contributed by atoms with E-state index >= 15 is 0 Å². The van der Waals surface area contributed by atoms with E-state index in [-0.39, 0.29) is 0 Å². The van der Waals surface area contributed by atoms with Crippen molar-refractivity contribution in [2.45, 2.75) is 0 Å². The molecule has 0 amide bonds. The second-order valence-corrected chi connectivity index (χ2v) is 16.2. The van der Waals surface area contributed by atoms with E-state index in [1.54, 1.807) is 0 Å². The van der Waals surface area contributed by atoms with Gasteiger partial charge in [-0.25, -0.2) is 0 Å². The molecule has 12 rings (SSSR count). The molecule has 0 saturated carbocycles. The highest BCUT2D eigenvalue weighted by molar-refractivity contribution is 7.26. The summed E-state index contributed by atoms with van der Waals surface area (Å²) in [4.78, 5) is 0. The average Bonchev–Trinajstić information content (AvgIpc) is 3.65. The van der Waals surface area contributed by atoms with Gasteiger partial charge >= 0.3 is 0 Å². The van der Waals surface area contributed by atoms with Gasteiger partial charge in [0.1, 0.15) is 0 Å². The van der Waals surface area contributed by atoms with Crippen LogP contribution in [0.5, 0.6) is 0 Å². The van der Waals surface area contributed by atoms with E-state index in [2.05, 4.69) is 206 Å². The van der Waals surface area contributed by atoms with E-state index in [4.69, 9.17) is 0 Å². The van der Waals surface area contributed by atoms with E-state index in [1.165, 1.54) is 119 Å². The quantitative estimate of drug-likeness (QED) is 0.158. The number of fused-ring (bicyclic) bond motifs is 9. The minimum atomic E-state index is 1.23. The molecular weight excluding hydrogens is 705 g/mol. The van der Waals surface area contributed by atoms with E-state index < -0.39 is 0 Å².